The highest BCUT2D eigenvalue weighted by molar-refractivity contribution is 6.22. The maximum absolute atomic E-state index is 6.48. The minimum absolute atomic E-state index is 0.00505. The fourth-order valence-corrected chi connectivity index (χ4v) is 8.17. The second kappa shape index (κ2) is 8.36. The zero-order valence-corrected chi connectivity index (χ0v) is 24.6. The van der Waals surface area contributed by atoms with Crippen molar-refractivity contribution in [3.8, 4) is 55.6 Å². The van der Waals surface area contributed by atoms with Crippen LogP contribution in [0.5, 0.6) is 0 Å². The fourth-order valence-electron chi connectivity index (χ4n) is 8.17. The van der Waals surface area contributed by atoms with Gasteiger partial charge in [-0.05, 0) is 102 Å². The first-order valence-corrected chi connectivity index (χ1v) is 15.4. The predicted molar refractivity (Wildman–Crippen MR) is 184 cm³/mol. The van der Waals surface area contributed by atoms with Crippen LogP contribution in [-0.2, 0) is 5.41 Å². The van der Waals surface area contributed by atoms with Crippen LogP contribution in [0, 0.1) is 0 Å². The van der Waals surface area contributed by atoms with Gasteiger partial charge in [0.1, 0.15) is 11.2 Å². The Labute approximate surface area is 256 Å². The van der Waals surface area contributed by atoms with E-state index in [1.54, 1.807) is 0 Å². The number of hydrogen-bond donors (Lipinski definition) is 0. The molecule has 1 heterocycles. The van der Waals surface area contributed by atoms with Crippen molar-refractivity contribution in [2.75, 3.05) is 0 Å². The molecular weight excluding hydrogens is 532 g/mol. The molecule has 0 bridgehead atoms. The molecule has 206 valence electrons. The van der Waals surface area contributed by atoms with E-state index in [2.05, 4.69) is 147 Å². The highest BCUT2D eigenvalue weighted by atomic mass is 16.3. The highest BCUT2D eigenvalue weighted by Gasteiger charge is 2.35. The van der Waals surface area contributed by atoms with Crippen molar-refractivity contribution in [3.05, 3.63) is 145 Å². The molecule has 1 aromatic heterocycles. The summed E-state index contributed by atoms with van der Waals surface area (Å²) < 4.78 is 6.48. The number of furan rings is 1. The van der Waals surface area contributed by atoms with Gasteiger partial charge in [0, 0.05) is 16.2 Å². The molecule has 0 saturated carbocycles. The third-order valence-corrected chi connectivity index (χ3v) is 10.3. The molecule has 0 unspecified atom stereocenters. The van der Waals surface area contributed by atoms with Crippen LogP contribution < -0.4 is 0 Å². The van der Waals surface area contributed by atoms with Crippen LogP contribution >= 0.6 is 0 Å². The second-order valence-corrected chi connectivity index (χ2v) is 12.9. The Bertz CT molecular complexity index is 2490. The summed E-state index contributed by atoms with van der Waals surface area (Å²) >= 11 is 0. The topological polar surface area (TPSA) is 13.1 Å². The van der Waals surface area contributed by atoms with E-state index in [1.165, 1.54) is 82.9 Å². The van der Waals surface area contributed by atoms with E-state index in [9.17, 15) is 0 Å². The molecule has 10 rings (SSSR count). The van der Waals surface area contributed by atoms with Gasteiger partial charge in [0.05, 0.1) is 0 Å². The first kappa shape index (κ1) is 24.1. The summed E-state index contributed by atoms with van der Waals surface area (Å²) in [6, 6.07) is 49.1. The molecular formula is C43H28O. The molecule has 0 fully saturated rings. The molecule has 0 atom stereocenters. The molecule has 2 aliphatic rings. The summed E-state index contributed by atoms with van der Waals surface area (Å²) in [5.74, 6) is 0. The molecule has 0 aliphatic heterocycles. The average molecular weight is 561 g/mol. The average Bonchev–Trinajstić information content (AvgIpc) is 3.68. The number of fused-ring (bicyclic) bond motifs is 9. The molecule has 0 radical (unpaired) electrons. The molecule has 0 saturated heterocycles. The number of benzene rings is 7. The maximum Gasteiger partial charge on any atom is 0.136 e. The zero-order valence-electron chi connectivity index (χ0n) is 24.6. The Morgan fingerprint density at radius 3 is 1.84 bits per heavy atom. The Morgan fingerprint density at radius 2 is 1.00 bits per heavy atom. The maximum atomic E-state index is 6.48. The lowest BCUT2D eigenvalue weighted by atomic mass is 9.82. The summed E-state index contributed by atoms with van der Waals surface area (Å²) in [7, 11) is 0. The van der Waals surface area contributed by atoms with Gasteiger partial charge in [0.2, 0.25) is 0 Å². The summed E-state index contributed by atoms with van der Waals surface area (Å²) in [6.07, 6.45) is 0. The van der Waals surface area contributed by atoms with Gasteiger partial charge >= 0.3 is 0 Å². The SMILES string of the molecule is CC1(C)c2ccccc2-c2cc(-c3ccc4oc5cccc(-c6ccc7c8c(cccc68)-c6ccccc6-7)c5c4c3)ccc21. The molecule has 0 spiro atoms. The third kappa shape index (κ3) is 3.04. The van der Waals surface area contributed by atoms with Gasteiger partial charge in [-0.15, -0.1) is 0 Å². The van der Waals surface area contributed by atoms with Gasteiger partial charge in [-0.2, -0.15) is 0 Å². The molecule has 0 N–H and O–H groups in total. The Morgan fingerprint density at radius 1 is 0.386 bits per heavy atom. The van der Waals surface area contributed by atoms with E-state index < -0.39 is 0 Å². The molecule has 8 aromatic rings. The van der Waals surface area contributed by atoms with Crippen LogP contribution in [0.3, 0.4) is 0 Å². The van der Waals surface area contributed by atoms with Crippen molar-refractivity contribution in [1.29, 1.82) is 0 Å². The van der Waals surface area contributed by atoms with Crippen molar-refractivity contribution in [2.24, 2.45) is 0 Å². The number of rotatable bonds is 2. The molecule has 1 heteroatoms. The van der Waals surface area contributed by atoms with E-state index in [-0.39, 0.29) is 5.41 Å². The predicted octanol–water partition coefficient (Wildman–Crippen LogP) is 12.0. The summed E-state index contributed by atoms with van der Waals surface area (Å²) in [5, 5.41) is 4.96. The summed E-state index contributed by atoms with van der Waals surface area (Å²) in [6.45, 7) is 4.67. The van der Waals surface area contributed by atoms with Crippen molar-refractivity contribution in [3.63, 3.8) is 0 Å². The minimum Gasteiger partial charge on any atom is -0.456 e. The van der Waals surface area contributed by atoms with Crippen LogP contribution in [0.15, 0.2) is 138 Å². The minimum atomic E-state index is 0.00505. The molecule has 0 amide bonds. The van der Waals surface area contributed by atoms with E-state index in [4.69, 9.17) is 4.42 Å². The van der Waals surface area contributed by atoms with Crippen LogP contribution in [0.1, 0.15) is 25.0 Å². The molecule has 7 aromatic carbocycles. The van der Waals surface area contributed by atoms with Crippen LogP contribution in [0.25, 0.3) is 88.3 Å². The van der Waals surface area contributed by atoms with E-state index in [0.717, 1.165) is 16.6 Å². The standard InChI is InChI=1S/C43H28O/c1-43(2)37-15-6-5-11-30(37)35-23-25(17-21-38(35)43)26-18-22-39-36(24-26)42-33(14-8-16-40(42)44-39)29-19-20-34-28-10-4-3-9-27(28)31-12-7-13-32(29)41(31)34/h3-24H,1-2H3. The normalized spacial score (nSPS) is 13.9. The van der Waals surface area contributed by atoms with Crippen LogP contribution in [0.2, 0.25) is 0 Å². The van der Waals surface area contributed by atoms with Gasteiger partial charge in [-0.25, -0.2) is 0 Å². The van der Waals surface area contributed by atoms with Gasteiger partial charge < -0.3 is 4.42 Å². The van der Waals surface area contributed by atoms with Gasteiger partial charge in [0.25, 0.3) is 0 Å². The van der Waals surface area contributed by atoms with E-state index >= 15 is 0 Å². The smallest absolute Gasteiger partial charge is 0.136 e. The quantitative estimate of drug-likeness (QED) is 0.205. The van der Waals surface area contributed by atoms with Crippen molar-refractivity contribution in [1.82, 2.24) is 0 Å². The second-order valence-electron chi connectivity index (χ2n) is 12.9. The van der Waals surface area contributed by atoms with E-state index in [1.807, 2.05) is 0 Å². The Balaban J connectivity index is 1.18. The third-order valence-electron chi connectivity index (χ3n) is 10.3. The van der Waals surface area contributed by atoms with Crippen LogP contribution in [-0.4, -0.2) is 0 Å². The molecule has 1 nitrogen and oxygen atoms in total. The van der Waals surface area contributed by atoms with Gasteiger partial charge in [-0.3, -0.25) is 0 Å². The first-order chi connectivity index (χ1) is 21.6. The Kier molecular flexibility index (Phi) is 4.58. The largest absolute Gasteiger partial charge is 0.456 e. The summed E-state index contributed by atoms with van der Waals surface area (Å²) in [4.78, 5) is 0. The van der Waals surface area contributed by atoms with Gasteiger partial charge in [0.15, 0.2) is 0 Å². The monoisotopic (exact) mass is 560 g/mol. The highest BCUT2D eigenvalue weighted by Crippen LogP contribution is 2.51. The van der Waals surface area contributed by atoms with Crippen molar-refractivity contribution < 1.29 is 4.42 Å². The van der Waals surface area contributed by atoms with E-state index in [0.29, 0.717) is 0 Å². The first-order valence-electron chi connectivity index (χ1n) is 15.4. The van der Waals surface area contributed by atoms with Crippen molar-refractivity contribution in [2.45, 2.75) is 19.3 Å². The lowest BCUT2D eigenvalue weighted by molar-refractivity contribution is 0.660. The van der Waals surface area contributed by atoms with Crippen molar-refractivity contribution >= 4 is 32.7 Å². The molecule has 2 aliphatic carbocycles. The number of hydrogen-bond acceptors (Lipinski definition) is 1. The van der Waals surface area contributed by atoms with Gasteiger partial charge in [-0.1, -0.05) is 123 Å². The lowest BCUT2D eigenvalue weighted by Crippen LogP contribution is -2.14. The summed E-state index contributed by atoms with van der Waals surface area (Å²) in [5.41, 5.74) is 17.5. The molecule has 44 heavy (non-hydrogen) atoms. The Hall–Kier alpha value is -5.40. The lowest BCUT2D eigenvalue weighted by Gasteiger charge is -2.21. The fraction of sp³-hybridized carbons (Fsp3) is 0.0698. The van der Waals surface area contributed by atoms with Crippen LogP contribution in [0.4, 0.5) is 0 Å². The zero-order chi connectivity index (χ0) is 29.2.